The molecular weight excluding hydrogens is 252 g/mol. The Hall–Kier alpha value is -0.380. The van der Waals surface area contributed by atoms with Gasteiger partial charge in [-0.25, -0.2) is 0 Å². The summed E-state index contributed by atoms with van der Waals surface area (Å²) in [5.74, 6) is 1.76. The molecule has 0 amide bonds. The van der Waals surface area contributed by atoms with Gasteiger partial charge >= 0.3 is 0 Å². The van der Waals surface area contributed by atoms with Gasteiger partial charge in [0.15, 0.2) is 0 Å². The molecular formula is C16H28N2S. The molecule has 0 radical (unpaired) electrons. The van der Waals surface area contributed by atoms with E-state index in [4.69, 9.17) is 0 Å². The predicted octanol–water partition coefficient (Wildman–Crippen LogP) is 3.59. The van der Waals surface area contributed by atoms with Crippen LogP contribution in [0.15, 0.2) is 16.8 Å². The molecule has 3 atom stereocenters. The Morgan fingerprint density at radius 1 is 1.42 bits per heavy atom. The third-order valence-corrected chi connectivity index (χ3v) is 5.35. The molecule has 2 nitrogen and oxygen atoms in total. The van der Waals surface area contributed by atoms with E-state index in [1.54, 1.807) is 11.3 Å². The monoisotopic (exact) mass is 280 g/mol. The van der Waals surface area contributed by atoms with E-state index in [-0.39, 0.29) is 0 Å². The number of hydrogen-bond acceptors (Lipinski definition) is 3. The number of nitrogens with zero attached hydrogens (tertiary/aromatic N) is 1. The first-order valence-corrected chi connectivity index (χ1v) is 8.54. The minimum atomic E-state index is 0.715. The van der Waals surface area contributed by atoms with Crippen LogP contribution in [0, 0.1) is 11.8 Å². The van der Waals surface area contributed by atoms with Gasteiger partial charge in [-0.15, -0.1) is 0 Å². The second kappa shape index (κ2) is 7.41. The van der Waals surface area contributed by atoms with Crippen LogP contribution in [0.4, 0.5) is 0 Å². The molecule has 0 spiro atoms. The van der Waals surface area contributed by atoms with Crippen LogP contribution in [0.5, 0.6) is 0 Å². The third kappa shape index (κ3) is 4.30. The van der Waals surface area contributed by atoms with Gasteiger partial charge in [-0.1, -0.05) is 13.3 Å². The van der Waals surface area contributed by atoms with E-state index in [0.29, 0.717) is 6.04 Å². The largest absolute Gasteiger partial charge is 0.317 e. The van der Waals surface area contributed by atoms with Crippen LogP contribution < -0.4 is 5.32 Å². The molecule has 1 fully saturated rings. The topological polar surface area (TPSA) is 15.3 Å². The molecule has 1 aliphatic carbocycles. The summed E-state index contributed by atoms with van der Waals surface area (Å²) in [4.78, 5) is 2.50. The molecule has 0 bridgehead atoms. The zero-order chi connectivity index (χ0) is 13.7. The SMILES string of the molecule is CCC1CCC(NC)C(CN(C)Cc2ccsc2)C1. The fraction of sp³-hybridized carbons (Fsp3) is 0.750. The molecule has 1 heterocycles. The Balaban J connectivity index is 1.87. The lowest BCUT2D eigenvalue weighted by Crippen LogP contribution is -2.43. The predicted molar refractivity (Wildman–Crippen MR) is 84.6 cm³/mol. The summed E-state index contributed by atoms with van der Waals surface area (Å²) in [6, 6.07) is 2.96. The minimum Gasteiger partial charge on any atom is -0.317 e. The first kappa shape index (κ1) is 15.0. The third-order valence-electron chi connectivity index (χ3n) is 4.62. The summed E-state index contributed by atoms with van der Waals surface area (Å²) in [7, 11) is 4.39. The van der Waals surface area contributed by atoms with E-state index in [1.165, 1.54) is 37.8 Å². The van der Waals surface area contributed by atoms with Crippen LogP contribution in [-0.4, -0.2) is 31.6 Å². The Morgan fingerprint density at radius 3 is 2.89 bits per heavy atom. The second-order valence-corrected chi connectivity index (χ2v) is 6.85. The van der Waals surface area contributed by atoms with Gasteiger partial charge in [0.25, 0.3) is 0 Å². The fourth-order valence-electron chi connectivity index (χ4n) is 3.47. The van der Waals surface area contributed by atoms with Crippen LogP contribution >= 0.6 is 11.3 Å². The van der Waals surface area contributed by atoms with Crippen LogP contribution in [0.1, 0.15) is 38.2 Å². The lowest BCUT2D eigenvalue weighted by Gasteiger charge is -2.38. The van der Waals surface area contributed by atoms with Gasteiger partial charge in [-0.3, -0.25) is 0 Å². The molecule has 0 aliphatic heterocycles. The summed E-state index contributed by atoms with van der Waals surface area (Å²) in [6.45, 7) is 4.65. The molecule has 1 aromatic rings. The standard InChI is InChI=1S/C16H28N2S/c1-4-13-5-6-16(17-2)15(9-13)11-18(3)10-14-7-8-19-12-14/h7-8,12-13,15-17H,4-6,9-11H2,1-3H3. The zero-order valence-corrected chi connectivity index (χ0v) is 13.4. The van der Waals surface area contributed by atoms with Gasteiger partial charge in [0, 0.05) is 19.1 Å². The van der Waals surface area contributed by atoms with Crippen molar-refractivity contribution in [3.05, 3.63) is 22.4 Å². The Bertz CT molecular complexity index is 350. The average Bonchev–Trinajstić information content (AvgIpc) is 2.91. The summed E-state index contributed by atoms with van der Waals surface area (Å²) in [5, 5.41) is 7.98. The molecule has 0 aromatic carbocycles. The summed E-state index contributed by atoms with van der Waals surface area (Å²) in [6.07, 6.45) is 5.51. The molecule has 2 rings (SSSR count). The normalized spacial score (nSPS) is 27.9. The van der Waals surface area contributed by atoms with E-state index in [9.17, 15) is 0 Å². The van der Waals surface area contributed by atoms with Gasteiger partial charge in [0.1, 0.15) is 0 Å². The number of rotatable bonds is 6. The van der Waals surface area contributed by atoms with E-state index in [2.05, 4.69) is 48.1 Å². The van der Waals surface area contributed by atoms with Crippen molar-refractivity contribution in [3.8, 4) is 0 Å². The lowest BCUT2D eigenvalue weighted by atomic mass is 9.76. The Morgan fingerprint density at radius 2 is 2.26 bits per heavy atom. The van der Waals surface area contributed by atoms with Crippen LogP contribution in [-0.2, 0) is 6.54 Å². The van der Waals surface area contributed by atoms with E-state index < -0.39 is 0 Å². The average molecular weight is 280 g/mol. The van der Waals surface area contributed by atoms with Crippen molar-refractivity contribution < 1.29 is 0 Å². The smallest absolute Gasteiger partial charge is 0.0239 e. The quantitative estimate of drug-likeness (QED) is 0.856. The van der Waals surface area contributed by atoms with Gasteiger partial charge < -0.3 is 10.2 Å². The lowest BCUT2D eigenvalue weighted by molar-refractivity contribution is 0.153. The van der Waals surface area contributed by atoms with Crippen LogP contribution in [0.3, 0.4) is 0 Å². The van der Waals surface area contributed by atoms with Crippen molar-refractivity contribution in [2.75, 3.05) is 20.6 Å². The van der Waals surface area contributed by atoms with E-state index in [0.717, 1.165) is 18.4 Å². The van der Waals surface area contributed by atoms with Crippen LogP contribution in [0.2, 0.25) is 0 Å². The first-order valence-electron chi connectivity index (χ1n) is 7.59. The summed E-state index contributed by atoms with van der Waals surface area (Å²) < 4.78 is 0. The first-order chi connectivity index (χ1) is 9.22. The van der Waals surface area contributed by atoms with Gasteiger partial charge in [0.2, 0.25) is 0 Å². The number of thiophene rings is 1. The molecule has 1 N–H and O–H groups in total. The second-order valence-electron chi connectivity index (χ2n) is 6.07. The Labute approximate surface area is 122 Å². The molecule has 1 aliphatic rings. The van der Waals surface area contributed by atoms with Crippen molar-refractivity contribution in [1.82, 2.24) is 10.2 Å². The van der Waals surface area contributed by atoms with Crippen molar-refractivity contribution in [2.45, 2.75) is 45.2 Å². The maximum atomic E-state index is 3.54. The van der Waals surface area contributed by atoms with Crippen molar-refractivity contribution >= 4 is 11.3 Å². The summed E-state index contributed by atoms with van der Waals surface area (Å²) >= 11 is 1.80. The highest BCUT2D eigenvalue weighted by molar-refractivity contribution is 7.07. The molecule has 3 heteroatoms. The minimum absolute atomic E-state index is 0.715. The van der Waals surface area contributed by atoms with Crippen molar-refractivity contribution in [3.63, 3.8) is 0 Å². The highest BCUT2D eigenvalue weighted by atomic mass is 32.1. The van der Waals surface area contributed by atoms with Crippen molar-refractivity contribution in [2.24, 2.45) is 11.8 Å². The van der Waals surface area contributed by atoms with Gasteiger partial charge in [-0.05, 0) is 67.6 Å². The van der Waals surface area contributed by atoms with Gasteiger partial charge in [-0.2, -0.15) is 11.3 Å². The molecule has 1 aromatic heterocycles. The maximum absolute atomic E-state index is 3.54. The molecule has 3 unspecified atom stereocenters. The van der Waals surface area contributed by atoms with Crippen molar-refractivity contribution in [1.29, 1.82) is 0 Å². The van der Waals surface area contributed by atoms with Crippen LogP contribution in [0.25, 0.3) is 0 Å². The molecule has 108 valence electrons. The van der Waals surface area contributed by atoms with E-state index >= 15 is 0 Å². The molecule has 1 saturated carbocycles. The summed E-state index contributed by atoms with van der Waals surface area (Å²) in [5.41, 5.74) is 1.45. The number of nitrogens with one attached hydrogen (secondary N) is 1. The molecule has 19 heavy (non-hydrogen) atoms. The highest BCUT2D eigenvalue weighted by Crippen LogP contribution is 2.31. The number of hydrogen-bond donors (Lipinski definition) is 1. The zero-order valence-electron chi connectivity index (χ0n) is 12.6. The maximum Gasteiger partial charge on any atom is 0.0239 e. The highest BCUT2D eigenvalue weighted by Gasteiger charge is 2.29. The van der Waals surface area contributed by atoms with Gasteiger partial charge in [0.05, 0.1) is 0 Å². The Kier molecular flexibility index (Phi) is 5.86. The fourth-order valence-corrected chi connectivity index (χ4v) is 4.13. The molecule has 0 saturated heterocycles. The van der Waals surface area contributed by atoms with E-state index in [1.807, 2.05) is 0 Å².